The summed E-state index contributed by atoms with van der Waals surface area (Å²) in [6.45, 7) is 3.30. The van der Waals surface area contributed by atoms with Gasteiger partial charge in [-0.1, -0.05) is 12.1 Å². The molecule has 4 heteroatoms. The maximum Gasteiger partial charge on any atom is 0.123 e. The standard InChI is InChI=1S/C16H22FNO2/c17-14-3-1-13(2-4-14)5-8-18-15-6-9-20-16(11-15)7-10-19-12-16/h1-4,15,18H,5-12H2. The second-order valence-electron chi connectivity index (χ2n) is 5.85. The summed E-state index contributed by atoms with van der Waals surface area (Å²) in [6, 6.07) is 7.26. The summed E-state index contributed by atoms with van der Waals surface area (Å²) in [5.74, 6) is -0.172. The minimum Gasteiger partial charge on any atom is -0.378 e. The van der Waals surface area contributed by atoms with Crippen LogP contribution in [0.15, 0.2) is 24.3 Å². The molecule has 2 atom stereocenters. The van der Waals surface area contributed by atoms with Crippen LogP contribution in [0.3, 0.4) is 0 Å². The molecule has 3 rings (SSSR count). The quantitative estimate of drug-likeness (QED) is 0.917. The highest BCUT2D eigenvalue weighted by Gasteiger charge is 2.40. The molecule has 0 aliphatic carbocycles. The molecule has 2 aliphatic heterocycles. The third-order valence-corrected chi connectivity index (χ3v) is 4.32. The number of hydrogen-bond acceptors (Lipinski definition) is 3. The second kappa shape index (κ2) is 6.20. The van der Waals surface area contributed by atoms with Crippen molar-refractivity contribution in [2.45, 2.75) is 37.3 Å². The molecule has 20 heavy (non-hydrogen) atoms. The van der Waals surface area contributed by atoms with Crippen molar-refractivity contribution in [3.8, 4) is 0 Å². The first-order chi connectivity index (χ1) is 9.76. The molecule has 0 aromatic heterocycles. The molecule has 2 saturated heterocycles. The number of rotatable bonds is 4. The highest BCUT2D eigenvalue weighted by Crippen LogP contribution is 2.32. The summed E-state index contributed by atoms with van der Waals surface area (Å²) >= 11 is 0. The third-order valence-electron chi connectivity index (χ3n) is 4.32. The van der Waals surface area contributed by atoms with E-state index in [0.717, 1.165) is 52.0 Å². The molecule has 0 amide bonds. The van der Waals surface area contributed by atoms with Crippen molar-refractivity contribution in [3.63, 3.8) is 0 Å². The average Bonchev–Trinajstić information content (AvgIpc) is 2.89. The van der Waals surface area contributed by atoms with Crippen LogP contribution in [0.25, 0.3) is 0 Å². The molecular formula is C16H22FNO2. The molecule has 0 saturated carbocycles. The Morgan fingerprint density at radius 1 is 1.25 bits per heavy atom. The van der Waals surface area contributed by atoms with Crippen LogP contribution in [0, 0.1) is 5.82 Å². The summed E-state index contributed by atoms with van der Waals surface area (Å²) in [5, 5.41) is 3.61. The lowest BCUT2D eigenvalue weighted by molar-refractivity contribution is -0.0891. The van der Waals surface area contributed by atoms with Gasteiger partial charge in [-0.15, -0.1) is 0 Å². The Labute approximate surface area is 119 Å². The Balaban J connectivity index is 1.45. The van der Waals surface area contributed by atoms with Crippen molar-refractivity contribution in [2.75, 3.05) is 26.4 Å². The Morgan fingerprint density at radius 2 is 2.10 bits per heavy atom. The average molecular weight is 279 g/mol. The zero-order chi connectivity index (χ0) is 13.8. The lowest BCUT2D eigenvalue weighted by Gasteiger charge is -2.37. The molecule has 1 aromatic carbocycles. The first kappa shape index (κ1) is 14.0. The van der Waals surface area contributed by atoms with Crippen molar-refractivity contribution >= 4 is 0 Å². The zero-order valence-electron chi connectivity index (χ0n) is 11.7. The normalized spacial score (nSPS) is 29.9. The van der Waals surface area contributed by atoms with E-state index in [9.17, 15) is 4.39 Å². The van der Waals surface area contributed by atoms with Crippen molar-refractivity contribution in [1.82, 2.24) is 5.32 Å². The third kappa shape index (κ3) is 3.37. The number of benzene rings is 1. The van der Waals surface area contributed by atoms with E-state index < -0.39 is 0 Å². The summed E-state index contributed by atoms with van der Waals surface area (Å²) < 4.78 is 24.2. The van der Waals surface area contributed by atoms with Crippen LogP contribution < -0.4 is 5.32 Å². The maximum atomic E-state index is 12.8. The van der Waals surface area contributed by atoms with Gasteiger partial charge in [0.05, 0.1) is 12.2 Å². The lowest BCUT2D eigenvalue weighted by Crippen LogP contribution is -2.47. The van der Waals surface area contributed by atoms with Crippen molar-refractivity contribution in [1.29, 1.82) is 0 Å². The van der Waals surface area contributed by atoms with E-state index >= 15 is 0 Å². The highest BCUT2D eigenvalue weighted by molar-refractivity contribution is 5.16. The van der Waals surface area contributed by atoms with Gasteiger partial charge >= 0.3 is 0 Å². The molecule has 110 valence electrons. The Morgan fingerprint density at radius 3 is 2.85 bits per heavy atom. The van der Waals surface area contributed by atoms with Crippen LogP contribution >= 0.6 is 0 Å². The van der Waals surface area contributed by atoms with Crippen molar-refractivity contribution in [3.05, 3.63) is 35.6 Å². The van der Waals surface area contributed by atoms with E-state index in [-0.39, 0.29) is 11.4 Å². The molecule has 1 spiro atoms. The van der Waals surface area contributed by atoms with Gasteiger partial charge in [-0.05, 0) is 43.5 Å². The predicted molar refractivity (Wildman–Crippen MR) is 75.2 cm³/mol. The molecule has 0 bridgehead atoms. The molecule has 2 heterocycles. The summed E-state index contributed by atoms with van der Waals surface area (Å²) in [5.41, 5.74) is 1.14. The van der Waals surface area contributed by atoms with Crippen LogP contribution in [0.2, 0.25) is 0 Å². The fourth-order valence-corrected chi connectivity index (χ4v) is 3.14. The van der Waals surface area contributed by atoms with Gasteiger partial charge in [0.15, 0.2) is 0 Å². The number of hydrogen-bond donors (Lipinski definition) is 1. The smallest absolute Gasteiger partial charge is 0.123 e. The Bertz CT molecular complexity index is 429. The van der Waals surface area contributed by atoms with Gasteiger partial charge in [0.25, 0.3) is 0 Å². The molecule has 2 fully saturated rings. The predicted octanol–water partition coefficient (Wildman–Crippen LogP) is 2.30. The minimum atomic E-state index is -0.172. The fourth-order valence-electron chi connectivity index (χ4n) is 3.14. The van der Waals surface area contributed by atoms with Gasteiger partial charge in [-0.25, -0.2) is 4.39 Å². The van der Waals surface area contributed by atoms with E-state index in [1.165, 1.54) is 17.7 Å². The molecule has 2 aliphatic rings. The van der Waals surface area contributed by atoms with E-state index in [4.69, 9.17) is 9.47 Å². The summed E-state index contributed by atoms with van der Waals surface area (Å²) in [7, 11) is 0. The first-order valence-electron chi connectivity index (χ1n) is 7.45. The SMILES string of the molecule is Fc1ccc(CCNC2CCOC3(CCOC3)C2)cc1. The van der Waals surface area contributed by atoms with Crippen LogP contribution in [-0.4, -0.2) is 38.0 Å². The summed E-state index contributed by atoms with van der Waals surface area (Å²) in [6.07, 6.45) is 4.05. The number of halogens is 1. The zero-order valence-corrected chi connectivity index (χ0v) is 11.7. The molecule has 2 unspecified atom stereocenters. The fraction of sp³-hybridized carbons (Fsp3) is 0.625. The first-order valence-corrected chi connectivity index (χ1v) is 7.45. The van der Waals surface area contributed by atoms with Gasteiger partial charge in [-0.2, -0.15) is 0 Å². The van der Waals surface area contributed by atoms with E-state index in [2.05, 4.69) is 5.32 Å². The van der Waals surface area contributed by atoms with Gasteiger partial charge in [0.2, 0.25) is 0 Å². The van der Waals surface area contributed by atoms with E-state index in [1.54, 1.807) is 0 Å². The number of nitrogens with one attached hydrogen (secondary N) is 1. The highest BCUT2D eigenvalue weighted by atomic mass is 19.1. The topological polar surface area (TPSA) is 30.5 Å². The molecule has 1 aromatic rings. The van der Waals surface area contributed by atoms with Gasteiger partial charge in [0, 0.05) is 25.7 Å². The van der Waals surface area contributed by atoms with Crippen LogP contribution in [-0.2, 0) is 15.9 Å². The Kier molecular flexibility index (Phi) is 4.34. The monoisotopic (exact) mass is 279 g/mol. The largest absolute Gasteiger partial charge is 0.378 e. The van der Waals surface area contributed by atoms with Gasteiger partial charge < -0.3 is 14.8 Å². The van der Waals surface area contributed by atoms with Gasteiger partial charge in [0.1, 0.15) is 5.82 Å². The van der Waals surface area contributed by atoms with Crippen LogP contribution in [0.1, 0.15) is 24.8 Å². The van der Waals surface area contributed by atoms with E-state index in [1.807, 2.05) is 12.1 Å². The van der Waals surface area contributed by atoms with Gasteiger partial charge in [-0.3, -0.25) is 0 Å². The Hall–Kier alpha value is -0.970. The molecule has 0 radical (unpaired) electrons. The molecule has 3 nitrogen and oxygen atoms in total. The van der Waals surface area contributed by atoms with Crippen LogP contribution in [0.4, 0.5) is 4.39 Å². The lowest BCUT2D eigenvalue weighted by atomic mass is 9.89. The van der Waals surface area contributed by atoms with Crippen molar-refractivity contribution < 1.29 is 13.9 Å². The van der Waals surface area contributed by atoms with Crippen molar-refractivity contribution in [2.24, 2.45) is 0 Å². The maximum absolute atomic E-state index is 12.8. The van der Waals surface area contributed by atoms with Crippen LogP contribution in [0.5, 0.6) is 0 Å². The molecular weight excluding hydrogens is 257 g/mol. The van der Waals surface area contributed by atoms with E-state index in [0.29, 0.717) is 6.04 Å². The second-order valence-corrected chi connectivity index (χ2v) is 5.85. The molecule has 1 N–H and O–H groups in total. The minimum absolute atomic E-state index is 0.0359. The summed E-state index contributed by atoms with van der Waals surface area (Å²) in [4.78, 5) is 0. The number of ether oxygens (including phenoxy) is 2.